The third kappa shape index (κ3) is 3.47. The molecule has 27 heavy (non-hydrogen) atoms. The Labute approximate surface area is 157 Å². The molecule has 0 spiro atoms. The van der Waals surface area contributed by atoms with E-state index in [1.807, 2.05) is 6.92 Å². The summed E-state index contributed by atoms with van der Waals surface area (Å²) in [6.07, 6.45) is -3.22. The van der Waals surface area contributed by atoms with E-state index in [9.17, 15) is 14.4 Å². The van der Waals surface area contributed by atoms with E-state index in [-0.39, 0.29) is 22.3 Å². The summed E-state index contributed by atoms with van der Waals surface area (Å²) in [6, 6.07) is 0. The summed E-state index contributed by atoms with van der Waals surface area (Å²) in [6.45, 7) is 4.25. The van der Waals surface area contributed by atoms with E-state index in [0.29, 0.717) is 6.42 Å². The van der Waals surface area contributed by atoms with Crippen LogP contribution in [-0.2, 0) is 23.8 Å². The first-order chi connectivity index (χ1) is 12.7. The Kier molecular flexibility index (Phi) is 5.07. The molecule has 3 heterocycles. The van der Waals surface area contributed by atoms with Crippen LogP contribution < -0.4 is 11.4 Å². The van der Waals surface area contributed by atoms with Crippen molar-refractivity contribution in [3.05, 3.63) is 15.6 Å². The number of nitrogen functional groups attached to an aromatic ring is 1. The zero-order chi connectivity index (χ0) is 19.9. The van der Waals surface area contributed by atoms with Gasteiger partial charge in [0.25, 0.3) is 0 Å². The lowest BCUT2D eigenvalue weighted by atomic mass is 10.1. The minimum atomic E-state index is -1.10. The number of fused-ring (bicyclic) bond motifs is 1. The van der Waals surface area contributed by atoms with Gasteiger partial charge in [-0.1, -0.05) is 18.5 Å². The van der Waals surface area contributed by atoms with Crippen molar-refractivity contribution in [2.45, 2.75) is 51.7 Å². The largest absolute Gasteiger partial charge is 0.456 e. The number of aromatic amines is 1. The summed E-state index contributed by atoms with van der Waals surface area (Å²) in [5.41, 5.74) is 5.25. The summed E-state index contributed by atoms with van der Waals surface area (Å²) in [5.74, 6) is -1.34. The highest BCUT2D eigenvalue weighted by Gasteiger charge is 2.50. The average Bonchev–Trinajstić information content (AvgIpc) is 3.04. The zero-order valence-electron chi connectivity index (χ0n) is 14.8. The molecule has 12 heteroatoms. The molecule has 0 amide bonds. The number of halogens is 1. The van der Waals surface area contributed by atoms with Gasteiger partial charge in [-0.15, -0.1) is 0 Å². The third-order valence-corrected chi connectivity index (χ3v) is 4.36. The predicted octanol–water partition coefficient (Wildman–Crippen LogP) is 0.526. The maximum Gasteiger partial charge on any atom is 0.330 e. The van der Waals surface area contributed by atoms with Crippen LogP contribution in [0.3, 0.4) is 0 Å². The summed E-state index contributed by atoms with van der Waals surface area (Å²) < 4.78 is 17.7. The molecule has 3 N–H and O–H groups in total. The van der Waals surface area contributed by atoms with Crippen molar-refractivity contribution in [1.29, 1.82) is 0 Å². The van der Waals surface area contributed by atoms with Gasteiger partial charge in [-0.05, 0) is 6.42 Å². The van der Waals surface area contributed by atoms with Gasteiger partial charge in [0.05, 0.1) is 0 Å². The SMILES string of the molecule is CC[C@H]1O[C@@H](n2c(=O)[nH]c3c(Cl)nc(N)nc32)[C@H](OC(C)=O)[C@H]1OC(C)=O. The zero-order valence-corrected chi connectivity index (χ0v) is 15.5. The van der Waals surface area contributed by atoms with Crippen molar-refractivity contribution in [2.24, 2.45) is 0 Å². The highest BCUT2D eigenvalue weighted by Crippen LogP contribution is 2.36. The highest BCUT2D eigenvalue weighted by molar-refractivity contribution is 6.33. The molecule has 1 saturated heterocycles. The van der Waals surface area contributed by atoms with Crippen LogP contribution in [0.25, 0.3) is 11.2 Å². The number of nitrogens with zero attached hydrogens (tertiary/aromatic N) is 3. The van der Waals surface area contributed by atoms with Gasteiger partial charge >= 0.3 is 17.6 Å². The minimum absolute atomic E-state index is 0.0426. The highest BCUT2D eigenvalue weighted by atomic mass is 35.5. The number of nitrogens with two attached hydrogens (primary N) is 1. The maximum absolute atomic E-state index is 12.6. The van der Waals surface area contributed by atoms with E-state index < -0.39 is 42.2 Å². The van der Waals surface area contributed by atoms with Crippen LogP contribution in [0, 0.1) is 0 Å². The number of imidazole rings is 1. The van der Waals surface area contributed by atoms with Gasteiger partial charge < -0.3 is 24.9 Å². The minimum Gasteiger partial charge on any atom is -0.456 e. The molecule has 4 atom stereocenters. The van der Waals surface area contributed by atoms with Crippen molar-refractivity contribution in [3.63, 3.8) is 0 Å². The summed E-state index contributed by atoms with van der Waals surface area (Å²) in [4.78, 5) is 46.0. The monoisotopic (exact) mass is 399 g/mol. The van der Waals surface area contributed by atoms with Gasteiger partial charge in [-0.3, -0.25) is 9.59 Å². The van der Waals surface area contributed by atoms with Crippen molar-refractivity contribution in [1.82, 2.24) is 19.5 Å². The molecule has 1 aliphatic heterocycles. The van der Waals surface area contributed by atoms with Crippen LogP contribution in [0.4, 0.5) is 5.95 Å². The normalized spacial score (nSPS) is 24.9. The van der Waals surface area contributed by atoms with Crippen LogP contribution in [0.5, 0.6) is 0 Å². The summed E-state index contributed by atoms with van der Waals surface area (Å²) in [7, 11) is 0. The lowest BCUT2D eigenvalue weighted by Gasteiger charge is -2.23. The fraction of sp³-hybridized carbons (Fsp3) is 0.533. The van der Waals surface area contributed by atoms with Crippen LogP contribution in [0.2, 0.25) is 5.15 Å². The van der Waals surface area contributed by atoms with E-state index in [1.165, 1.54) is 13.8 Å². The van der Waals surface area contributed by atoms with Gasteiger partial charge in [0.15, 0.2) is 29.2 Å². The fourth-order valence-corrected chi connectivity index (χ4v) is 3.33. The van der Waals surface area contributed by atoms with Crippen molar-refractivity contribution < 1.29 is 23.8 Å². The van der Waals surface area contributed by atoms with Crippen molar-refractivity contribution >= 4 is 40.7 Å². The quantitative estimate of drug-likeness (QED) is 0.553. The number of hydrogen-bond acceptors (Lipinski definition) is 9. The van der Waals surface area contributed by atoms with E-state index in [1.54, 1.807) is 0 Å². The number of carbonyl (C=O) groups excluding carboxylic acids is 2. The summed E-state index contributed by atoms with van der Waals surface area (Å²) >= 11 is 6.02. The number of aromatic nitrogens is 4. The number of rotatable bonds is 4. The maximum atomic E-state index is 12.6. The average molecular weight is 400 g/mol. The molecule has 2 aromatic rings. The van der Waals surface area contributed by atoms with Crippen LogP contribution >= 0.6 is 11.6 Å². The number of anilines is 1. The Morgan fingerprint density at radius 2 is 1.89 bits per heavy atom. The lowest BCUT2D eigenvalue weighted by molar-refractivity contribution is -0.165. The first-order valence-electron chi connectivity index (χ1n) is 8.16. The van der Waals surface area contributed by atoms with E-state index in [4.69, 9.17) is 31.5 Å². The molecule has 3 rings (SSSR count). The molecule has 0 saturated carbocycles. The smallest absolute Gasteiger partial charge is 0.330 e. The molecule has 1 fully saturated rings. The Morgan fingerprint density at radius 1 is 1.26 bits per heavy atom. The van der Waals surface area contributed by atoms with Gasteiger partial charge in [0, 0.05) is 13.8 Å². The third-order valence-electron chi connectivity index (χ3n) is 4.09. The van der Waals surface area contributed by atoms with Crippen LogP contribution in [0.1, 0.15) is 33.4 Å². The Bertz CT molecular complexity index is 956. The molecular formula is C15H18ClN5O6. The molecule has 0 aromatic carbocycles. The second kappa shape index (κ2) is 7.16. The first kappa shape index (κ1) is 19.1. The number of ether oxygens (including phenoxy) is 3. The number of carbonyl (C=O) groups is 2. The molecule has 0 radical (unpaired) electrons. The Balaban J connectivity index is 2.15. The van der Waals surface area contributed by atoms with Crippen molar-refractivity contribution in [2.75, 3.05) is 5.73 Å². The van der Waals surface area contributed by atoms with Gasteiger partial charge in [0.1, 0.15) is 11.6 Å². The molecule has 0 aliphatic carbocycles. The number of nitrogens with one attached hydrogen (secondary N) is 1. The van der Waals surface area contributed by atoms with Gasteiger partial charge in [0.2, 0.25) is 5.95 Å². The number of H-pyrrole nitrogens is 1. The molecule has 146 valence electrons. The van der Waals surface area contributed by atoms with Crippen LogP contribution in [0.15, 0.2) is 4.79 Å². The standard InChI is InChI=1S/C15H18ClN5O6/c1-4-7-9(25-5(2)22)10(26-6(3)23)13(27-7)21-12-8(18-15(21)24)11(16)19-14(17)20-12/h7,9-10,13H,4H2,1-3H3,(H,18,24)(H2,17,19,20)/t7-,9+,10-,13-/m1/s1. The molecule has 2 aromatic heterocycles. The summed E-state index contributed by atoms with van der Waals surface area (Å²) in [5, 5.41) is -0.0426. The number of esters is 2. The molecule has 0 bridgehead atoms. The van der Waals surface area contributed by atoms with Crippen molar-refractivity contribution in [3.8, 4) is 0 Å². The molecular weight excluding hydrogens is 382 g/mol. The van der Waals surface area contributed by atoms with Crippen LogP contribution in [-0.4, -0.2) is 49.8 Å². The Morgan fingerprint density at radius 3 is 2.48 bits per heavy atom. The molecule has 0 unspecified atom stereocenters. The van der Waals surface area contributed by atoms with Gasteiger partial charge in [-0.2, -0.15) is 9.97 Å². The van der Waals surface area contributed by atoms with E-state index in [2.05, 4.69) is 15.0 Å². The lowest BCUT2D eigenvalue weighted by Crippen LogP contribution is -2.40. The predicted molar refractivity (Wildman–Crippen MR) is 92.9 cm³/mol. The second-order valence-electron chi connectivity index (χ2n) is 5.99. The molecule has 1 aliphatic rings. The number of hydrogen-bond donors (Lipinski definition) is 2. The fourth-order valence-electron chi connectivity index (χ4n) is 3.11. The Hall–Kier alpha value is -2.66. The second-order valence-corrected chi connectivity index (χ2v) is 6.35. The van der Waals surface area contributed by atoms with Gasteiger partial charge in [-0.25, -0.2) is 9.36 Å². The topological polar surface area (TPSA) is 151 Å². The van der Waals surface area contributed by atoms with E-state index >= 15 is 0 Å². The van der Waals surface area contributed by atoms with E-state index in [0.717, 1.165) is 4.57 Å². The first-order valence-corrected chi connectivity index (χ1v) is 8.53. The molecule has 11 nitrogen and oxygen atoms in total.